The van der Waals surface area contributed by atoms with Crippen molar-refractivity contribution in [2.75, 3.05) is 6.54 Å². The number of nitrogens with zero attached hydrogens (tertiary/aromatic N) is 3. The average Bonchev–Trinajstić information content (AvgIpc) is 3.06. The largest absolute Gasteiger partial charge is 0.465 e. The molecule has 0 bridgehead atoms. The first kappa shape index (κ1) is 20.4. The molecule has 152 valence electrons. The molecule has 0 aliphatic carbocycles. The Morgan fingerprint density at radius 1 is 1.21 bits per heavy atom. The van der Waals surface area contributed by atoms with Crippen LogP contribution in [-0.2, 0) is 16.3 Å². The van der Waals surface area contributed by atoms with Gasteiger partial charge in [-0.25, -0.2) is 26.7 Å². The maximum absolute atomic E-state index is 14.3. The van der Waals surface area contributed by atoms with Crippen molar-refractivity contribution in [2.45, 2.75) is 23.3 Å². The number of hydrogen-bond donors (Lipinski definition) is 2. The molecule has 3 rings (SSSR count). The van der Waals surface area contributed by atoms with E-state index in [2.05, 4.69) is 15.4 Å². The van der Waals surface area contributed by atoms with Crippen LogP contribution in [0.3, 0.4) is 0 Å². The fourth-order valence-electron chi connectivity index (χ4n) is 2.58. The molecule has 1 aromatic carbocycles. The molecule has 0 radical (unpaired) electrons. The van der Waals surface area contributed by atoms with Crippen molar-refractivity contribution in [3.63, 3.8) is 0 Å². The lowest BCUT2D eigenvalue weighted by atomic mass is 10.3. The lowest BCUT2D eigenvalue weighted by Gasteiger charge is -2.09. The Morgan fingerprint density at radius 3 is 2.59 bits per heavy atom. The standard InChI is InChI=1S/C18H16F2N4O4S/c1-11-2-4-14(10-22-11)29(27,28)17-9-13(6-7-21-18(25)26)23-24(17)16-5-3-12(19)8-15(16)20/h2-5,8-10,21H,6-7H2,1H3,(H,25,26). The van der Waals surface area contributed by atoms with Crippen LogP contribution in [-0.4, -0.2) is 40.9 Å². The van der Waals surface area contributed by atoms with Crippen molar-refractivity contribution in [1.82, 2.24) is 20.1 Å². The first-order valence-corrected chi connectivity index (χ1v) is 9.85. The predicted molar refractivity (Wildman–Crippen MR) is 97.6 cm³/mol. The van der Waals surface area contributed by atoms with Crippen LogP contribution in [0.15, 0.2) is 52.5 Å². The topological polar surface area (TPSA) is 114 Å². The Hall–Kier alpha value is -3.34. The number of rotatable bonds is 6. The van der Waals surface area contributed by atoms with E-state index in [-0.39, 0.29) is 34.3 Å². The van der Waals surface area contributed by atoms with Crippen LogP contribution in [0.1, 0.15) is 11.4 Å². The van der Waals surface area contributed by atoms with E-state index in [9.17, 15) is 22.0 Å². The number of carbonyl (C=O) groups is 1. The third kappa shape index (κ3) is 4.40. The highest BCUT2D eigenvalue weighted by atomic mass is 32.2. The molecule has 3 aromatic rings. The molecule has 0 aliphatic rings. The lowest BCUT2D eigenvalue weighted by Crippen LogP contribution is -2.23. The molecule has 11 heteroatoms. The van der Waals surface area contributed by atoms with Crippen molar-refractivity contribution < 1.29 is 27.1 Å². The van der Waals surface area contributed by atoms with Crippen molar-refractivity contribution in [3.8, 4) is 5.69 Å². The van der Waals surface area contributed by atoms with E-state index in [0.717, 1.165) is 16.8 Å². The molecular formula is C18H16F2N4O4S. The van der Waals surface area contributed by atoms with E-state index in [0.29, 0.717) is 11.8 Å². The number of sulfone groups is 1. The van der Waals surface area contributed by atoms with Gasteiger partial charge in [0.25, 0.3) is 0 Å². The minimum atomic E-state index is -4.14. The van der Waals surface area contributed by atoms with Gasteiger partial charge in [-0.3, -0.25) is 4.98 Å². The number of aromatic nitrogens is 3. The quantitative estimate of drug-likeness (QED) is 0.631. The zero-order valence-electron chi connectivity index (χ0n) is 15.1. The van der Waals surface area contributed by atoms with Crippen molar-refractivity contribution in [2.24, 2.45) is 0 Å². The Kier molecular flexibility index (Phi) is 5.59. The second-order valence-corrected chi connectivity index (χ2v) is 8.00. The van der Waals surface area contributed by atoms with E-state index in [1.807, 2.05) is 0 Å². The highest BCUT2D eigenvalue weighted by Gasteiger charge is 2.26. The molecule has 0 fully saturated rings. The minimum absolute atomic E-state index is 0.0240. The summed E-state index contributed by atoms with van der Waals surface area (Å²) in [6.45, 7) is 1.67. The van der Waals surface area contributed by atoms with Crippen molar-refractivity contribution >= 4 is 15.9 Å². The van der Waals surface area contributed by atoms with Gasteiger partial charge in [-0.1, -0.05) is 0 Å². The molecular weight excluding hydrogens is 406 g/mol. The van der Waals surface area contributed by atoms with Gasteiger partial charge in [-0.05, 0) is 37.3 Å². The maximum Gasteiger partial charge on any atom is 0.404 e. The van der Waals surface area contributed by atoms with Crippen LogP contribution in [0.5, 0.6) is 0 Å². The van der Waals surface area contributed by atoms with E-state index in [1.54, 1.807) is 6.92 Å². The summed E-state index contributed by atoms with van der Waals surface area (Å²) in [5, 5.41) is 14.6. The summed E-state index contributed by atoms with van der Waals surface area (Å²) < 4.78 is 54.7. The Morgan fingerprint density at radius 2 is 1.97 bits per heavy atom. The Bertz CT molecular complexity index is 1160. The second-order valence-electron chi connectivity index (χ2n) is 6.10. The molecule has 2 N–H and O–H groups in total. The van der Waals surface area contributed by atoms with Gasteiger partial charge in [0, 0.05) is 30.9 Å². The first-order chi connectivity index (χ1) is 13.7. The highest BCUT2D eigenvalue weighted by Crippen LogP contribution is 2.26. The third-order valence-electron chi connectivity index (χ3n) is 3.99. The summed E-state index contributed by atoms with van der Waals surface area (Å²) in [6, 6.07) is 6.78. The number of carboxylic acid groups (broad SMARTS) is 1. The van der Waals surface area contributed by atoms with Crippen LogP contribution in [0, 0.1) is 18.6 Å². The second kappa shape index (κ2) is 7.95. The fourth-order valence-corrected chi connectivity index (χ4v) is 3.92. The van der Waals surface area contributed by atoms with E-state index in [4.69, 9.17) is 5.11 Å². The SMILES string of the molecule is Cc1ccc(S(=O)(=O)c2cc(CCNC(=O)O)nn2-c2ccc(F)cc2F)cn1. The van der Waals surface area contributed by atoms with Gasteiger partial charge in [0.1, 0.15) is 11.5 Å². The summed E-state index contributed by atoms with van der Waals surface area (Å²) >= 11 is 0. The van der Waals surface area contributed by atoms with Crippen LogP contribution in [0.2, 0.25) is 0 Å². The summed E-state index contributed by atoms with van der Waals surface area (Å²) in [6.07, 6.45) is -0.00144. The number of nitrogens with one attached hydrogen (secondary N) is 1. The molecule has 29 heavy (non-hydrogen) atoms. The molecule has 0 spiro atoms. The third-order valence-corrected chi connectivity index (χ3v) is 5.70. The molecule has 0 aliphatic heterocycles. The average molecular weight is 422 g/mol. The monoisotopic (exact) mass is 422 g/mol. The van der Waals surface area contributed by atoms with Crippen LogP contribution in [0.25, 0.3) is 5.69 Å². The van der Waals surface area contributed by atoms with Crippen LogP contribution >= 0.6 is 0 Å². The maximum atomic E-state index is 14.3. The number of hydrogen-bond acceptors (Lipinski definition) is 5. The van der Waals surface area contributed by atoms with Gasteiger partial charge in [0.05, 0.1) is 10.6 Å². The zero-order chi connectivity index (χ0) is 21.2. The van der Waals surface area contributed by atoms with E-state index < -0.39 is 27.6 Å². The van der Waals surface area contributed by atoms with Gasteiger partial charge < -0.3 is 10.4 Å². The Labute approximate surface area is 164 Å². The van der Waals surface area contributed by atoms with Gasteiger partial charge in [0.2, 0.25) is 9.84 Å². The van der Waals surface area contributed by atoms with Gasteiger partial charge in [0.15, 0.2) is 10.8 Å². The zero-order valence-corrected chi connectivity index (χ0v) is 15.9. The molecule has 0 unspecified atom stereocenters. The molecule has 1 amide bonds. The van der Waals surface area contributed by atoms with Crippen LogP contribution in [0.4, 0.5) is 13.6 Å². The lowest BCUT2D eigenvalue weighted by molar-refractivity contribution is 0.194. The molecule has 2 heterocycles. The fraction of sp³-hybridized carbons (Fsp3) is 0.167. The predicted octanol–water partition coefficient (Wildman–Crippen LogP) is 2.50. The van der Waals surface area contributed by atoms with Gasteiger partial charge in [-0.15, -0.1) is 0 Å². The molecule has 2 aromatic heterocycles. The van der Waals surface area contributed by atoms with Gasteiger partial charge >= 0.3 is 6.09 Å². The highest BCUT2D eigenvalue weighted by molar-refractivity contribution is 7.91. The summed E-state index contributed by atoms with van der Waals surface area (Å²) in [7, 11) is -4.14. The smallest absolute Gasteiger partial charge is 0.404 e. The molecule has 0 saturated heterocycles. The van der Waals surface area contributed by atoms with Crippen LogP contribution < -0.4 is 5.32 Å². The van der Waals surface area contributed by atoms with E-state index >= 15 is 0 Å². The number of benzene rings is 1. The molecule has 8 nitrogen and oxygen atoms in total. The van der Waals surface area contributed by atoms with E-state index in [1.165, 1.54) is 24.4 Å². The normalized spacial score (nSPS) is 11.4. The summed E-state index contributed by atoms with van der Waals surface area (Å²) in [5.41, 5.74) is 0.561. The van der Waals surface area contributed by atoms with Crippen molar-refractivity contribution in [1.29, 1.82) is 0 Å². The van der Waals surface area contributed by atoms with Gasteiger partial charge in [-0.2, -0.15) is 5.10 Å². The number of halogens is 2. The molecule has 0 atom stereocenters. The summed E-state index contributed by atoms with van der Waals surface area (Å²) in [5.74, 6) is -1.82. The Balaban J connectivity index is 2.11. The van der Waals surface area contributed by atoms with Crippen molar-refractivity contribution in [3.05, 3.63) is 65.6 Å². The number of amides is 1. The number of aryl methyl sites for hydroxylation is 1. The summed E-state index contributed by atoms with van der Waals surface area (Å²) in [4.78, 5) is 14.5. The minimum Gasteiger partial charge on any atom is -0.465 e. The number of pyridine rings is 1. The molecule has 0 saturated carbocycles. The first-order valence-electron chi connectivity index (χ1n) is 8.37.